The number of alkyl halides is 6. The molecule has 8 nitrogen and oxygen atoms in total. The van der Waals surface area contributed by atoms with Crippen molar-refractivity contribution in [3.05, 3.63) is 23.4 Å². The number of anilines is 1. The topological polar surface area (TPSA) is 120 Å². The number of ketones is 1. The summed E-state index contributed by atoms with van der Waals surface area (Å²) in [5.74, 6) is -4.35. The average Bonchev–Trinajstić information content (AvgIpc) is 3.05. The van der Waals surface area contributed by atoms with Crippen LogP contribution >= 0.6 is 0 Å². The van der Waals surface area contributed by atoms with Crippen molar-refractivity contribution in [2.75, 3.05) is 18.0 Å². The van der Waals surface area contributed by atoms with Crippen LogP contribution in [0.1, 0.15) is 36.3 Å². The Balaban J connectivity index is 0.000000305. The van der Waals surface area contributed by atoms with Crippen molar-refractivity contribution in [2.24, 2.45) is 0 Å². The number of pyridine rings is 1. The van der Waals surface area contributed by atoms with Gasteiger partial charge in [0.2, 0.25) is 0 Å². The molecule has 0 spiro atoms. The Morgan fingerprint density at radius 1 is 1.06 bits per heavy atom. The molecule has 180 valence electrons. The minimum absolute atomic E-state index is 0.129. The minimum atomic E-state index is -5.08. The number of carboxylic acids is 2. The lowest BCUT2D eigenvalue weighted by molar-refractivity contribution is -0.193. The Kier molecular flexibility index (Phi) is 9.00. The van der Waals surface area contributed by atoms with Gasteiger partial charge in [-0.15, -0.1) is 0 Å². The van der Waals surface area contributed by atoms with E-state index in [1.54, 1.807) is 0 Å². The van der Waals surface area contributed by atoms with E-state index in [1.807, 2.05) is 13.0 Å². The zero-order valence-electron chi connectivity index (χ0n) is 16.9. The molecule has 32 heavy (non-hydrogen) atoms. The molecule has 3 rings (SSSR count). The van der Waals surface area contributed by atoms with Gasteiger partial charge in [-0.3, -0.25) is 4.79 Å². The molecule has 2 aliphatic heterocycles. The molecular formula is C18H21F6N3O5. The van der Waals surface area contributed by atoms with Crippen LogP contribution in [0, 0.1) is 0 Å². The molecule has 0 radical (unpaired) electrons. The molecule has 1 saturated heterocycles. The van der Waals surface area contributed by atoms with E-state index in [0.29, 0.717) is 24.2 Å². The van der Waals surface area contributed by atoms with Crippen molar-refractivity contribution in [3.8, 4) is 0 Å². The molecule has 0 bridgehead atoms. The fourth-order valence-electron chi connectivity index (χ4n) is 3.02. The van der Waals surface area contributed by atoms with Gasteiger partial charge in [0, 0.05) is 31.6 Å². The Labute approximate surface area is 178 Å². The monoisotopic (exact) mass is 473 g/mol. The van der Waals surface area contributed by atoms with E-state index in [2.05, 4.69) is 28.2 Å². The van der Waals surface area contributed by atoms with Gasteiger partial charge in [0.05, 0.1) is 0 Å². The first kappa shape index (κ1) is 27.1. The van der Waals surface area contributed by atoms with Crippen LogP contribution in [0.4, 0.5) is 32.2 Å². The average molecular weight is 473 g/mol. The van der Waals surface area contributed by atoms with Gasteiger partial charge < -0.3 is 20.4 Å². The summed E-state index contributed by atoms with van der Waals surface area (Å²) < 4.78 is 63.5. The summed E-state index contributed by atoms with van der Waals surface area (Å²) >= 11 is 0. The first-order valence-electron chi connectivity index (χ1n) is 9.21. The maximum atomic E-state index is 11.8. The van der Waals surface area contributed by atoms with Gasteiger partial charge in [0.1, 0.15) is 11.5 Å². The molecule has 14 heteroatoms. The van der Waals surface area contributed by atoms with Crippen molar-refractivity contribution in [3.63, 3.8) is 0 Å². The van der Waals surface area contributed by atoms with Crippen molar-refractivity contribution >= 4 is 23.5 Å². The predicted octanol–water partition coefficient (Wildman–Crippen LogP) is 2.66. The summed E-state index contributed by atoms with van der Waals surface area (Å²) in [6.45, 7) is 6.10. The predicted molar refractivity (Wildman–Crippen MR) is 98.5 cm³/mol. The van der Waals surface area contributed by atoms with Crippen LogP contribution in [0.5, 0.6) is 0 Å². The van der Waals surface area contributed by atoms with E-state index in [9.17, 15) is 31.1 Å². The van der Waals surface area contributed by atoms with Crippen LogP contribution in [0.3, 0.4) is 0 Å². The summed E-state index contributed by atoms with van der Waals surface area (Å²) in [5.41, 5.74) is 1.89. The van der Waals surface area contributed by atoms with Gasteiger partial charge >= 0.3 is 24.3 Å². The van der Waals surface area contributed by atoms with Gasteiger partial charge in [-0.25, -0.2) is 14.6 Å². The van der Waals surface area contributed by atoms with Gasteiger partial charge in [0.25, 0.3) is 0 Å². The lowest BCUT2D eigenvalue weighted by Crippen LogP contribution is -2.55. The number of hydrogen-bond acceptors (Lipinski definition) is 6. The van der Waals surface area contributed by atoms with Gasteiger partial charge in [-0.2, -0.15) is 26.3 Å². The maximum Gasteiger partial charge on any atom is 0.490 e. The molecule has 1 aromatic heterocycles. The quantitative estimate of drug-likeness (QED) is 0.443. The van der Waals surface area contributed by atoms with Crippen LogP contribution in [0.25, 0.3) is 0 Å². The molecule has 0 aromatic carbocycles. The molecule has 2 aliphatic rings. The molecule has 0 saturated carbocycles. The van der Waals surface area contributed by atoms with Crippen molar-refractivity contribution in [1.29, 1.82) is 0 Å². The van der Waals surface area contributed by atoms with Crippen LogP contribution in [0.2, 0.25) is 0 Å². The highest BCUT2D eigenvalue weighted by molar-refractivity contribution is 5.94. The second-order valence-corrected chi connectivity index (χ2v) is 6.83. The molecule has 0 unspecified atom stereocenters. The highest BCUT2D eigenvalue weighted by Crippen LogP contribution is 2.33. The normalized spacial score (nSPS) is 19.4. The first-order valence-corrected chi connectivity index (χ1v) is 9.21. The number of aliphatic carboxylic acids is 2. The number of carbonyl (C=O) groups is 3. The number of carbonyl (C=O) groups excluding carboxylic acids is 1. The number of fused-ring (bicyclic) bond motifs is 3. The number of piperazine rings is 1. The Morgan fingerprint density at radius 3 is 2.00 bits per heavy atom. The van der Waals surface area contributed by atoms with Crippen LogP contribution in [-0.2, 0) is 16.0 Å². The number of Topliss-reactive ketones (excluding diaryl/α,β-unsaturated/α-hetero) is 1. The third-order valence-corrected chi connectivity index (χ3v) is 4.44. The summed E-state index contributed by atoms with van der Waals surface area (Å²) in [7, 11) is 0. The van der Waals surface area contributed by atoms with E-state index in [0.717, 1.165) is 25.3 Å². The molecule has 1 fully saturated rings. The smallest absolute Gasteiger partial charge is 0.475 e. The summed E-state index contributed by atoms with van der Waals surface area (Å²) in [5, 5.41) is 17.7. The van der Waals surface area contributed by atoms with E-state index in [1.165, 1.54) is 5.56 Å². The van der Waals surface area contributed by atoms with Crippen molar-refractivity contribution in [1.82, 2.24) is 10.3 Å². The number of rotatable bonds is 2. The van der Waals surface area contributed by atoms with Crippen LogP contribution < -0.4 is 10.2 Å². The van der Waals surface area contributed by atoms with E-state index in [-0.39, 0.29) is 5.78 Å². The molecule has 2 atom stereocenters. The highest BCUT2D eigenvalue weighted by atomic mass is 19.4. The Morgan fingerprint density at radius 2 is 1.56 bits per heavy atom. The van der Waals surface area contributed by atoms with E-state index < -0.39 is 24.3 Å². The molecule has 3 N–H and O–H groups in total. The van der Waals surface area contributed by atoms with Crippen LogP contribution in [0.15, 0.2) is 12.1 Å². The molecule has 0 amide bonds. The van der Waals surface area contributed by atoms with Crippen molar-refractivity contribution < 1.29 is 50.9 Å². The van der Waals surface area contributed by atoms with E-state index in [4.69, 9.17) is 19.8 Å². The van der Waals surface area contributed by atoms with Crippen molar-refractivity contribution in [2.45, 2.75) is 51.1 Å². The molecule has 3 heterocycles. The Bertz CT molecular complexity index is 819. The van der Waals surface area contributed by atoms with Gasteiger partial charge in [0.15, 0.2) is 5.78 Å². The largest absolute Gasteiger partial charge is 0.490 e. The van der Waals surface area contributed by atoms with Crippen LogP contribution in [-0.4, -0.2) is 70.4 Å². The molecular weight excluding hydrogens is 452 g/mol. The standard InChI is InChI=1S/C14H19N3O.2C2HF3O2/c1-3-13(18)12-5-4-10-6-11-8-15-7-9(2)17(11)14(10)16-12;2*3-2(4,5)1(6)7/h4-5,9,11,15H,3,6-8H2,1-2H3;2*(H,6,7)/t9-,11-;;/m1../s1. The minimum Gasteiger partial charge on any atom is -0.475 e. The number of aromatic nitrogens is 1. The number of nitrogens with one attached hydrogen (secondary N) is 1. The second kappa shape index (κ2) is 10.6. The van der Waals surface area contributed by atoms with E-state index >= 15 is 0 Å². The summed E-state index contributed by atoms with van der Waals surface area (Å²) in [4.78, 5) is 36.5. The molecule has 1 aromatic rings. The summed E-state index contributed by atoms with van der Waals surface area (Å²) in [6.07, 6.45) is -8.60. The van der Waals surface area contributed by atoms with Gasteiger partial charge in [-0.05, 0) is 25.0 Å². The van der Waals surface area contributed by atoms with Gasteiger partial charge in [-0.1, -0.05) is 13.0 Å². The highest BCUT2D eigenvalue weighted by Gasteiger charge is 2.39. The zero-order valence-corrected chi connectivity index (χ0v) is 16.9. The number of hydrogen-bond donors (Lipinski definition) is 3. The third kappa shape index (κ3) is 7.35. The lowest BCUT2D eigenvalue weighted by Gasteiger charge is -2.37. The lowest BCUT2D eigenvalue weighted by atomic mass is 10.1. The maximum absolute atomic E-state index is 11.8. The number of carboxylic acid groups (broad SMARTS) is 2. The first-order chi connectivity index (χ1) is 14.6. The fraction of sp³-hybridized carbons (Fsp3) is 0.556. The second-order valence-electron chi connectivity index (χ2n) is 6.83. The third-order valence-electron chi connectivity index (χ3n) is 4.44. The number of halogens is 6. The number of nitrogens with zero attached hydrogens (tertiary/aromatic N) is 2. The zero-order chi connectivity index (χ0) is 24.9. The fourth-order valence-corrected chi connectivity index (χ4v) is 3.02. The molecule has 0 aliphatic carbocycles. The SMILES string of the molecule is CCC(=O)c1ccc2c(n1)N1[C@@H](CNC[C@H]1C)C2.O=C(O)C(F)(F)F.O=C(O)C(F)(F)F. The summed E-state index contributed by atoms with van der Waals surface area (Å²) in [6, 6.07) is 4.91. The Hall–Kier alpha value is -2.90.